The summed E-state index contributed by atoms with van der Waals surface area (Å²) in [7, 11) is -3.40. The largest absolute Gasteiger partial charge is 0.322 e. The number of carbonyl (C=O) groups excluding carboxylic acids is 1. The summed E-state index contributed by atoms with van der Waals surface area (Å²) in [5.41, 5.74) is 4.51. The summed E-state index contributed by atoms with van der Waals surface area (Å²) in [6.45, 7) is 1.56. The lowest BCUT2D eigenvalue weighted by Gasteiger charge is -2.08. The van der Waals surface area contributed by atoms with E-state index in [0.717, 1.165) is 16.7 Å². The number of benzene rings is 3. The number of anilines is 1. The standard InChI is InChI=1S/C25H21N3O3S/c1-2-32(30,31)24-16-15-23(27-28-24)21-9-6-10-22(17-21)26-25(29)20-13-11-19(12-14-20)18-7-4-3-5-8-18/h3-17H,2H2,1H3,(H,26,29). The van der Waals surface area contributed by atoms with E-state index < -0.39 is 9.84 Å². The number of rotatable bonds is 6. The lowest BCUT2D eigenvalue weighted by molar-refractivity contribution is 0.102. The zero-order chi connectivity index (χ0) is 22.6. The second-order valence-corrected chi connectivity index (χ2v) is 9.36. The van der Waals surface area contributed by atoms with Crippen LogP contribution in [0.4, 0.5) is 5.69 Å². The Balaban J connectivity index is 1.50. The molecule has 7 heteroatoms. The lowest BCUT2D eigenvalue weighted by Crippen LogP contribution is -2.11. The molecule has 4 rings (SSSR count). The summed E-state index contributed by atoms with van der Waals surface area (Å²) in [4.78, 5) is 12.7. The van der Waals surface area contributed by atoms with Gasteiger partial charge in [-0.3, -0.25) is 4.79 Å². The predicted octanol–water partition coefficient (Wildman–Crippen LogP) is 4.86. The first-order valence-electron chi connectivity index (χ1n) is 10.1. The molecule has 3 aromatic carbocycles. The van der Waals surface area contributed by atoms with Gasteiger partial charge >= 0.3 is 0 Å². The van der Waals surface area contributed by atoms with Crippen LogP contribution in [0.1, 0.15) is 17.3 Å². The Bertz CT molecular complexity index is 1340. The Hall–Kier alpha value is -3.84. The minimum Gasteiger partial charge on any atom is -0.322 e. The minimum atomic E-state index is -3.40. The van der Waals surface area contributed by atoms with Crippen molar-refractivity contribution in [3.05, 3.63) is 96.6 Å². The molecule has 0 unspecified atom stereocenters. The van der Waals surface area contributed by atoms with E-state index in [4.69, 9.17) is 0 Å². The Kier molecular flexibility index (Phi) is 6.09. The van der Waals surface area contributed by atoms with Crippen molar-refractivity contribution in [2.24, 2.45) is 0 Å². The van der Waals surface area contributed by atoms with Gasteiger partial charge in [0.05, 0.1) is 11.4 Å². The van der Waals surface area contributed by atoms with Crippen LogP contribution in [-0.2, 0) is 9.84 Å². The maximum atomic E-state index is 12.7. The minimum absolute atomic E-state index is 0.0329. The quantitative estimate of drug-likeness (QED) is 0.460. The molecular weight excluding hydrogens is 422 g/mol. The first-order valence-corrected chi connectivity index (χ1v) is 11.8. The van der Waals surface area contributed by atoms with Crippen LogP contribution in [0.25, 0.3) is 22.4 Å². The van der Waals surface area contributed by atoms with E-state index in [9.17, 15) is 13.2 Å². The third-order valence-corrected chi connectivity index (χ3v) is 6.62. The first kappa shape index (κ1) is 21.4. The van der Waals surface area contributed by atoms with Crippen LogP contribution in [0.5, 0.6) is 0 Å². The molecule has 0 aliphatic rings. The topological polar surface area (TPSA) is 89.0 Å². The van der Waals surface area contributed by atoms with Crippen molar-refractivity contribution in [3.63, 3.8) is 0 Å². The third kappa shape index (κ3) is 4.73. The van der Waals surface area contributed by atoms with Gasteiger partial charge in [-0.25, -0.2) is 8.42 Å². The predicted molar refractivity (Wildman–Crippen MR) is 125 cm³/mol. The zero-order valence-electron chi connectivity index (χ0n) is 17.4. The average Bonchev–Trinajstić information content (AvgIpc) is 2.85. The van der Waals surface area contributed by atoms with E-state index in [0.29, 0.717) is 16.9 Å². The second-order valence-electron chi connectivity index (χ2n) is 7.14. The Morgan fingerprint density at radius 1 is 0.781 bits per heavy atom. The molecule has 0 bridgehead atoms. The van der Waals surface area contributed by atoms with Gasteiger partial charge in [-0.2, -0.15) is 0 Å². The molecule has 160 valence electrons. The molecular formula is C25H21N3O3S. The summed E-state index contributed by atoms with van der Waals surface area (Å²) in [6.07, 6.45) is 0. The molecule has 0 fully saturated rings. The van der Waals surface area contributed by atoms with E-state index in [1.807, 2.05) is 48.5 Å². The van der Waals surface area contributed by atoms with Gasteiger partial charge in [0.25, 0.3) is 5.91 Å². The lowest BCUT2D eigenvalue weighted by atomic mass is 10.0. The fourth-order valence-corrected chi connectivity index (χ4v) is 3.93. The normalized spacial score (nSPS) is 11.2. The molecule has 0 saturated heterocycles. The van der Waals surface area contributed by atoms with Gasteiger partial charge in [-0.15, -0.1) is 10.2 Å². The molecule has 1 amide bonds. The van der Waals surface area contributed by atoms with Gasteiger partial charge in [-0.05, 0) is 47.5 Å². The van der Waals surface area contributed by atoms with Crippen LogP contribution in [0.2, 0.25) is 0 Å². The van der Waals surface area contributed by atoms with E-state index in [1.165, 1.54) is 6.07 Å². The molecule has 4 aromatic rings. The summed E-state index contributed by atoms with van der Waals surface area (Å²) in [6, 6.07) is 27.6. The first-order chi connectivity index (χ1) is 15.5. The van der Waals surface area contributed by atoms with Crippen LogP contribution in [0.15, 0.2) is 96.0 Å². The molecule has 0 spiro atoms. The van der Waals surface area contributed by atoms with Crippen molar-refractivity contribution >= 4 is 21.4 Å². The number of hydrogen-bond donors (Lipinski definition) is 1. The van der Waals surface area contributed by atoms with Crippen molar-refractivity contribution in [1.82, 2.24) is 10.2 Å². The summed E-state index contributed by atoms with van der Waals surface area (Å²) >= 11 is 0. The highest BCUT2D eigenvalue weighted by atomic mass is 32.2. The molecule has 1 aromatic heterocycles. The molecule has 0 aliphatic heterocycles. The van der Waals surface area contributed by atoms with Crippen LogP contribution >= 0.6 is 0 Å². The molecule has 0 radical (unpaired) electrons. The highest BCUT2D eigenvalue weighted by Gasteiger charge is 2.14. The van der Waals surface area contributed by atoms with Gasteiger partial charge in [-0.1, -0.05) is 61.5 Å². The fraction of sp³-hybridized carbons (Fsp3) is 0.0800. The van der Waals surface area contributed by atoms with Gasteiger partial charge in [0.1, 0.15) is 0 Å². The summed E-state index contributed by atoms with van der Waals surface area (Å²) in [5.74, 6) is -0.258. The smallest absolute Gasteiger partial charge is 0.255 e. The molecule has 0 saturated carbocycles. The Morgan fingerprint density at radius 3 is 2.12 bits per heavy atom. The highest BCUT2D eigenvalue weighted by Crippen LogP contribution is 2.23. The highest BCUT2D eigenvalue weighted by molar-refractivity contribution is 7.91. The Labute approximate surface area is 186 Å². The number of hydrogen-bond acceptors (Lipinski definition) is 5. The molecule has 1 heterocycles. The van der Waals surface area contributed by atoms with Crippen LogP contribution in [0.3, 0.4) is 0 Å². The van der Waals surface area contributed by atoms with Crippen molar-refractivity contribution < 1.29 is 13.2 Å². The maximum absolute atomic E-state index is 12.7. The monoisotopic (exact) mass is 443 g/mol. The number of nitrogens with zero attached hydrogens (tertiary/aromatic N) is 2. The molecule has 0 aliphatic carbocycles. The number of carbonyl (C=O) groups is 1. The van der Waals surface area contributed by atoms with Crippen molar-refractivity contribution in [1.29, 1.82) is 0 Å². The number of sulfone groups is 1. The van der Waals surface area contributed by atoms with Crippen molar-refractivity contribution in [2.75, 3.05) is 11.1 Å². The van der Waals surface area contributed by atoms with Crippen molar-refractivity contribution in [2.45, 2.75) is 11.9 Å². The van der Waals surface area contributed by atoms with E-state index in [2.05, 4.69) is 15.5 Å². The van der Waals surface area contributed by atoms with Gasteiger partial charge < -0.3 is 5.32 Å². The van der Waals surface area contributed by atoms with E-state index in [1.54, 1.807) is 43.3 Å². The summed E-state index contributed by atoms with van der Waals surface area (Å²) in [5, 5.41) is 10.7. The van der Waals surface area contributed by atoms with Gasteiger partial charge in [0, 0.05) is 16.8 Å². The van der Waals surface area contributed by atoms with Crippen LogP contribution in [-0.4, -0.2) is 30.3 Å². The SMILES string of the molecule is CCS(=O)(=O)c1ccc(-c2cccc(NC(=O)c3ccc(-c4ccccc4)cc3)c2)nn1. The third-order valence-electron chi connectivity index (χ3n) is 5.01. The molecule has 32 heavy (non-hydrogen) atoms. The maximum Gasteiger partial charge on any atom is 0.255 e. The number of nitrogens with one attached hydrogen (secondary N) is 1. The van der Waals surface area contributed by atoms with E-state index in [-0.39, 0.29) is 16.7 Å². The number of amides is 1. The molecule has 0 atom stereocenters. The van der Waals surface area contributed by atoms with Gasteiger partial charge in [0.2, 0.25) is 0 Å². The molecule has 1 N–H and O–H groups in total. The van der Waals surface area contributed by atoms with E-state index >= 15 is 0 Å². The number of aromatic nitrogens is 2. The van der Waals surface area contributed by atoms with Crippen molar-refractivity contribution in [3.8, 4) is 22.4 Å². The van der Waals surface area contributed by atoms with Crippen LogP contribution < -0.4 is 5.32 Å². The van der Waals surface area contributed by atoms with Gasteiger partial charge in [0.15, 0.2) is 14.9 Å². The second kappa shape index (κ2) is 9.11. The zero-order valence-corrected chi connectivity index (χ0v) is 18.2. The molecule has 6 nitrogen and oxygen atoms in total. The fourth-order valence-electron chi connectivity index (χ4n) is 3.19. The average molecular weight is 444 g/mol. The van der Waals surface area contributed by atoms with Crippen LogP contribution in [0, 0.1) is 0 Å². The summed E-state index contributed by atoms with van der Waals surface area (Å²) < 4.78 is 23.8. The Morgan fingerprint density at radius 2 is 1.47 bits per heavy atom.